The first-order chi connectivity index (χ1) is 9.06. The Morgan fingerprint density at radius 3 is 2.79 bits per heavy atom. The van der Waals surface area contributed by atoms with Crippen LogP contribution in [0, 0.1) is 5.82 Å². The Bertz CT molecular complexity index is 542. The molecular weight excluding hydrogens is 259 g/mol. The van der Waals surface area contributed by atoms with Gasteiger partial charge in [0.25, 0.3) is 6.43 Å². The number of furan rings is 1. The van der Waals surface area contributed by atoms with E-state index in [0.29, 0.717) is 23.2 Å². The molecule has 1 aromatic carbocycles. The average molecular weight is 273 g/mol. The molecule has 0 spiro atoms. The smallest absolute Gasteiger partial charge is 0.261 e. The van der Waals surface area contributed by atoms with Crippen molar-refractivity contribution in [3.8, 4) is 0 Å². The van der Waals surface area contributed by atoms with E-state index in [-0.39, 0.29) is 12.4 Å². The van der Waals surface area contributed by atoms with E-state index in [1.807, 2.05) is 0 Å². The molecule has 0 amide bonds. The van der Waals surface area contributed by atoms with Crippen molar-refractivity contribution in [1.82, 2.24) is 0 Å². The van der Waals surface area contributed by atoms with Gasteiger partial charge in [0.05, 0.1) is 6.04 Å². The summed E-state index contributed by atoms with van der Waals surface area (Å²) in [6, 6.07) is 5.35. The number of fused-ring (bicyclic) bond motifs is 1. The van der Waals surface area contributed by atoms with Gasteiger partial charge >= 0.3 is 0 Å². The molecule has 0 bridgehead atoms. The second-order valence-electron chi connectivity index (χ2n) is 4.19. The molecule has 1 atom stereocenters. The van der Waals surface area contributed by atoms with Gasteiger partial charge in [-0.3, -0.25) is 0 Å². The molecular formula is C13H14F3NO2. The summed E-state index contributed by atoms with van der Waals surface area (Å²) in [7, 11) is 0. The predicted octanol–water partition coefficient (Wildman–Crippen LogP) is 3.24. The van der Waals surface area contributed by atoms with Crippen molar-refractivity contribution in [2.24, 2.45) is 5.73 Å². The molecule has 1 unspecified atom stereocenters. The zero-order valence-corrected chi connectivity index (χ0v) is 10.1. The number of hydrogen-bond acceptors (Lipinski definition) is 3. The molecule has 0 radical (unpaired) electrons. The summed E-state index contributed by atoms with van der Waals surface area (Å²) in [5.41, 5.74) is 6.40. The van der Waals surface area contributed by atoms with Crippen molar-refractivity contribution < 1.29 is 22.3 Å². The van der Waals surface area contributed by atoms with Crippen molar-refractivity contribution in [2.45, 2.75) is 18.9 Å². The molecule has 0 fully saturated rings. The summed E-state index contributed by atoms with van der Waals surface area (Å²) in [4.78, 5) is 0. The maximum absolute atomic E-state index is 13.0. The molecule has 1 heterocycles. The molecule has 19 heavy (non-hydrogen) atoms. The first kappa shape index (κ1) is 13.9. The van der Waals surface area contributed by atoms with E-state index in [0.717, 1.165) is 0 Å². The summed E-state index contributed by atoms with van der Waals surface area (Å²) in [5.74, 6) is 0.134. The zero-order chi connectivity index (χ0) is 13.8. The van der Waals surface area contributed by atoms with Crippen LogP contribution in [-0.2, 0) is 4.74 Å². The summed E-state index contributed by atoms with van der Waals surface area (Å²) in [6.45, 7) is -0.477. The molecule has 0 aliphatic heterocycles. The Morgan fingerprint density at radius 2 is 2.05 bits per heavy atom. The monoisotopic (exact) mass is 273 g/mol. The van der Waals surface area contributed by atoms with Crippen molar-refractivity contribution in [3.63, 3.8) is 0 Å². The van der Waals surface area contributed by atoms with E-state index in [1.165, 1.54) is 18.2 Å². The number of rotatable bonds is 6. The van der Waals surface area contributed by atoms with Crippen molar-refractivity contribution in [1.29, 1.82) is 0 Å². The summed E-state index contributed by atoms with van der Waals surface area (Å²) >= 11 is 0. The number of nitrogens with two attached hydrogens (primary N) is 1. The molecule has 1 aromatic heterocycles. The van der Waals surface area contributed by atoms with E-state index in [9.17, 15) is 13.2 Å². The lowest BCUT2D eigenvalue weighted by molar-refractivity contribution is 0.0148. The van der Waals surface area contributed by atoms with Gasteiger partial charge in [0.15, 0.2) is 0 Å². The molecule has 0 aliphatic rings. The highest BCUT2D eigenvalue weighted by Crippen LogP contribution is 2.25. The maximum atomic E-state index is 13.0. The van der Waals surface area contributed by atoms with Gasteiger partial charge in [-0.25, -0.2) is 13.2 Å². The molecule has 3 nitrogen and oxygen atoms in total. The third kappa shape index (κ3) is 3.71. The van der Waals surface area contributed by atoms with Crippen LogP contribution in [0.1, 0.15) is 18.2 Å². The van der Waals surface area contributed by atoms with Gasteiger partial charge in [0.2, 0.25) is 0 Å². The van der Waals surface area contributed by atoms with Gasteiger partial charge in [0.1, 0.15) is 23.8 Å². The number of benzene rings is 1. The zero-order valence-electron chi connectivity index (χ0n) is 10.1. The Labute approximate surface area is 108 Å². The fourth-order valence-corrected chi connectivity index (χ4v) is 1.74. The van der Waals surface area contributed by atoms with Crippen LogP contribution in [0.4, 0.5) is 13.2 Å². The minimum atomic E-state index is -2.48. The summed E-state index contributed by atoms with van der Waals surface area (Å²) in [5, 5.41) is 0.624. The topological polar surface area (TPSA) is 48.4 Å². The highest BCUT2D eigenvalue weighted by molar-refractivity contribution is 5.77. The van der Waals surface area contributed by atoms with Crippen molar-refractivity contribution in [3.05, 3.63) is 35.8 Å². The van der Waals surface area contributed by atoms with Crippen LogP contribution >= 0.6 is 0 Å². The Balaban J connectivity index is 1.95. The van der Waals surface area contributed by atoms with Crippen LogP contribution in [0.15, 0.2) is 28.7 Å². The Kier molecular flexibility index (Phi) is 4.44. The molecule has 2 N–H and O–H groups in total. The van der Waals surface area contributed by atoms with Crippen LogP contribution in [0.2, 0.25) is 0 Å². The minimum Gasteiger partial charge on any atom is -0.459 e. The van der Waals surface area contributed by atoms with Crippen LogP contribution in [-0.4, -0.2) is 19.6 Å². The second kappa shape index (κ2) is 6.08. The first-order valence-corrected chi connectivity index (χ1v) is 5.86. The van der Waals surface area contributed by atoms with Crippen LogP contribution < -0.4 is 5.73 Å². The highest BCUT2D eigenvalue weighted by atomic mass is 19.3. The van der Waals surface area contributed by atoms with Crippen molar-refractivity contribution >= 4 is 11.0 Å². The molecule has 0 aliphatic carbocycles. The third-order valence-electron chi connectivity index (χ3n) is 2.68. The van der Waals surface area contributed by atoms with E-state index < -0.39 is 19.1 Å². The van der Waals surface area contributed by atoms with Gasteiger partial charge in [-0.15, -0.1) is 0 Å². The number of hydrogen-bond donors (Lipinski definition) is 1. The fraction of sp³-hybridized carbons (Fsp3) is 0.385. The Morgan fingerprint density at radius 1 is 1.26 bits per heavy atom. The number of ether oxygens (including phenoxy) is 1. The molecule has 2 rings (SSSR count). The molecule has 6 heteroatoms. The van der Waals surface area contributed by atoms with Gasteiger partial charge < -0.3 is 14.9 Å². The van der Waals surface area contributed by atoms with E-state index >= 15 is 0 Å². The lowest BCUT2D eigenvalue weighted by atomic mass is 10.1. The highest BCUT2D eigenvalue weighted by Gasteiger charge is 2.13. The normalized spacial score (nSPS) is 13.3. The number of alkyl halides is 2. The first-order valence-electron chi connectivity index (χ1n) is 5.86. The van der Waals surface area contributed by atoms with E-state index in [2.05, 4.69) is 0 Å². The molecule has 2 aromatic rings. The Hall–Kier alpha value is -1.53. The SMILES string of the molecule is NC(CCOCC(F)F)c1cc2cc(F)ccc2o1. The standard InChI is InChI=1S/C13H14F3NO2/c14-9-1-2-11-8(5-9)6-12(19-11)10(17)3-4-18-7-13(15)16/h1-2,5-6,10,13H,3-4,7,17H2. The fourth-order valence-electron chi connectivity index (χ4n) is 1.74. The number of halogens is 3. The average Bonchev–Trinajstić information content (AvgIpc) is 2.77. The quantitative estimate of drug-likeness (QED) is 0.822. The van der Waals surface area contributed by atoms with Gasteiger partial charge in [-0.05, 0) is 30.7 Å². The van der Waals surface area contributed by atoms with Gasteiger partial charge in [-0.2, -0.15) is 0 Å². The minimum absolute atomic E-state index is 0.122. The summed E-state index contributed by atoms with van der Waals surface area (Å²) < 4.78 is 46.9. The second-order valence-corrected chi connectivity index (χ2v) is 4.19. The molecule has 0 saturated carbocycles. The lowest BCUT2D eigenvalue weighted by Crippen LogP contribution is -2.14. The van der Waals surface area contributed by atoms with Crippen LogP contribution in [0.25, 0.3) is 11.0 Å². The van der Waals surface area contributed by atoms with Crippen LogP contribution in [0.3, 0.4) is 0 Å². The largest absolute Gasteiger partial charge is 0.459 e. The lowest BCUT2D eigenvalue weighted by Gasteiger charge is -2.08. The molecule has 104 valence electrons. The van der Waals surface area contributed by atoms with Crippen molar-refractivity contribution in [2.75, 3.05) is 13.2 Å². The maximum Gasteiger partial charge on any atom is 0.261 e. The van der Waals surface area contributed by atoms with Crippen LogP contribution in [0.5, 0.6) is 0 Å². The third-order valence-corrected chi connectivity index (χ3v) is 2.68. The predicted molar refractivity (Wildman–Crippen MR) is 64.5 cm³/mol. The van der Waals surface area contributed by atoms with E-state index in [1.54, 1.807) is 6.07 Å². The molecule has 0 saturated heterocycles. The summed E-state index contributed by atoms with van der Waals surface area (Å²) in [6.07, 6.45) is -2.12. The van der Waals surface area contributed by atoms with Gasteiger partial charge in [-0.1, -0.05) is 0 Å². The van der Waals surface area contributed by atoms with E-state index in [4.69, 9.17) is 14.9 Å². The van der Waals surface area contributed by atoms with Gasteiger partial charge in [0, 0.05) is 12.0 Å².